The van der Waals surface area contributed by atoms with E-state index in [2.05, 4.69) is 9.97 Å². The topological polar surface area (TPSA) is 101 Å². The normalized spacial score (nSPS) is 25.2. The maximum atomic E-state index is 17.2. The van der Waals surface area contributed by atoms with Gasteiger partial charge in [-0.05, 0) is 43.9 Å². The first-order chi connectivity index (χ1) is 23.0. The highest BCUT2D eigenvalue weighted by atomic mass is 35.5. The number of fused-ring (bicyclic) bond motifs is 4. The Balaban J connectivity index is 1.37. The summed E-state index contributed by atoms with van der Waals surface area (Å²) in [6.45, 7) is 1.09. The number of hydrogen-bond donors (Lipinski definition) is 1. The van der Waals surface area contributed by atoms with E-state index in [4.69, 9.17) is 26.8 Å². The molecule has 15 heteroatoms. The van der Waals surface area contributed by atoms with Gasteiger partial charge in [-0.15, -0.1) is 11.3 Å². The monoisotopic (exact) mass is 704 g/mol. The zero-order chi connectivity index (χ0) is 33.5. The van der Waals surface area contributed by atoms with Crippen LogP contribution in [-0.2, 0) is 0 Å². The summed E-state index contributed by atoms with van der Waals surface area (Å²) in [6.07, 6.45) is 1.16. The molecule has 2 N–H and O–H groups in total. The van der Waals surface area contributed by atoms with Gasteiger partial charge in [0.15, 0.2) is 11.6 Å². The Morgan fingerprint density at radius 2 is 1.98 bits per heavy atom. The number of halogens is 6. The van der Waals surface area contributed by atoms with Crippen molar-refractivity contribution in [3.63, 3.8) is 0 Å². The van der Waals surface area contributed by atoms with Crippen LogP contribution in [0.15, 0.2) is 12.1 Å². The Morgan fingerprint density at radius 1 is 1.15 bits per heavy atom. The van der Waals surface area contributed by atoms with Gasteiger partial charge in [0, 0.05) is 43.3 Å². The number of aromatic nitrogens is 2. The van der Waals surface area contributed by atoms with Gasteiger partial charge in [-0.25, -0.2) is 22.0 Å². The first kappa shape index (κ1) is 31.6. The molecule has 0 amide bonds. The highest BCUT2D eigenvalue weighted by molar-refractivity contribution is 7.23. The zero-order valence-corrected chi connectivity index (χ0v) is 27.2. The van der Waals surface area contributed by atoms with Crippen molar-refractivity contribution in [3.8, 4) is 29.0 Å². The average molecular weight is 705 g/mol. The van der Waals surface area contributed by atoms with E-state index in [9.17, 15) is 14.0 Å². The summed E-state index contributed by atoms with van der Waals surface area (Å²) in [7, 11) is 0. The molecule has 3 fully saturated rings. The summed E-state index contributed by atoms with van der Waals surface area (Å²) in [5, 5.41) is 9.84. The molecule has 0 bridgehead atoms. The standard InChI is InChI=1S/C33H30ClF5N6O2S/c34-24-22(17-4-5-19(36)28-21(17)18(13-40)29(41)48-28)25(37)26-23-27(24)46-11-6-20-33(38,39)8-1-2-10-45(20)30(23)43-31(42-26)47-15-32-7-3-9-44(32)14-16(35)12-32/h4-5,16,20H,1-3,6-12,14-15,41H2/t16-,20?,32?/m1/s1. The van der Waals surface area contributed by atoms with Crippen LogP contribution < -0.4 is 20.1 Å². The van der Waals surface area contributed by atoms with Crippen LogP contribution >= 0.6 is 22.9 Å². The molecule has 2 aromatic carbocycles. The Labute approximate surface area is 281 Å². The smallest absolute Gasteiger partial charge is 0.319 e. The number of nitrogens with zero attached hydrogens (tertiary/aromatic N) is 5. The number of nitrogens with two attached hydrogens (primary N) is 1. The third kappa shape index (κ3) is 4.75. The van der Waals surface area contributed by atoms with Gasteiger partial charge < -0.3 is 20.1 Å². The SMILES string of the molecule is N#Cc1c(N)sc2c(F)ccc(-c3c(Cl)c4c5c(nc(OCC67CCCN6C[C@H](F)C7)nc5c3F)N3CCCCC(F)(F)C3CCO4)c12. The average Bonchev–Trinajstić information content (AvgIpc) is 3.65. The second-order valence-electron chi connectivity index (χ2n) is 13.1. The Hall–Kier alpha value is -3.67. The molecule has 2 unspecified atom stereocenters. The van der Waals surface area contributed by atoms with Gasteiger partial charge in [0.2, 0.25) is 0 Å². The summed E-state index contributed by atoms with van der Waals surface area (Å²) in [5.74, 6) is -4.71. The summed E-state index contributed by atoms with van der Waals surface area (Å²) in [6, 6.07) is 2.87. The minimum absolute atomic E-state index is 0.000868. The lowest BCUT2D eigenvalue weighted by Gasteiger charge is -2.38. The van der Waals surface area contributed by atoms with Crippen molar-refractivity contribution in [2.45, 2.75) is 68.6 Å². The van der Waals surface area contributed by atoms with Gasteiger partial charge in [0.1, 0.15) is 41.0 Å². The molecule has 252 valence electrons. The number of thiophene rings is 1. The fourth-order valence-electron chi connectivity index (χ4n) is 8.12. The molecule has 8 nitrogen and oxygen atoms in total. The van der Waals surface area contributed by atoms with E-state index >= 15 is 13.2 Å². The van der Waals surface area contributed by atoms with Gasteiger partial charge in [-0.2, -0.15) is 15.2 Å². The maximum absolute atomic E-state index is 17.2. The lowest BCUT2D eigenvalue weighted by atomic mass is 9.95. The van der Waals surface area contributed by atoms with Crippen molar-refractivity contribution >= 4 is 54.7 Å². The largest absolute Gasteiger partial charge is 0.491 e. The number of hydrogen-bond acceptors (Lipinski definition) is 9. The summed E-state index contributed by atoms with van der Waals surface area (Å²) in [5.41, 5.74) is 5.02. The fourth-order valence-corrected chi connectivity index (χ4v) is 9.41. The molecule has 0 spiro atoms. The first-order valence-electron chi connectivity index (χ1n) is 16.0. The predicted molar refractivity (Wildman–Crippen MR) is 173 cm³/mol. The molecular formula is C33H30ClF5N6O2S. The molecule has 4 aliphatic rings. The van der Waals surface area contributed by atoms with E-state index < -0.39 is 35.3 Å². The minimum Gasteiger partial charge on any atom is -0.491 e. The van der Waals surface area contributed by atoms with Crippen molar-refractivity contribution in [1.29, 1.82) is 5.26 Å². The van der Waals surface area contributed by atoms with Crippen LogP contribution in [0.2, 0.25) is 5.02 Å². The van der Waals surface area contributed by atoms with Crippen molar-refractivity contribution < 1.29 is 31.4 Å². The Kier molecular flexibility index (Phi) is 7.54. The third-order valence-corrected chi connectivity index (χ3v) is 11.7. The quantitative estimate of drug-likeness (QED) is 0.217. The van der Waals surface area contributed by atoms with Crippen LogP contribution in [0.25, 0.3) is 32.1 Å². The van der Waals surface area contributed by atoms with Crippen molar-refractivity contribution in [2.75, 3.05) is 43.5 Å². The van der Waals surface area contributed by atoms with Crippen LogP contribution in [-0.4, -0.2) is 71.4 Å². The molecule has 48 heavy (non-hydrogen) atoms. The minimum atomic E-state index is -3.09. The Morgan fingerprint density at radius 3 is 2.79 bits per heavy atom. The van der Waals surface area contributed by atoms with E-state index in [1.54, 1.807) is 0 Å². The van der Waals surface area contributed by atoms with E-state index in [-0.39, 0.29) is 111 Å². The number of benzene rings is 2. The molecule has 2 aromatic heterocycles. The van der Waals surface area contributed by atoms with Crippen molar-refractivity contribution in [2.24, 2.45) is 0 Å². The molecule has 8 rings (SSSR count). The van der Waals surface area contributed by atoms with Crippen molar-refractivity contribution in [1.82, 2.24) is 14.9 Å². The van der Waals surface area contributed by atoms with Crippen LogP contribution in [0.5, 0.6) is 11.8 Å². The zero-order valence-electron chi connectivity index (χ0n) is 25.6. The third-order valence-electron chi connectivity index (χ3n) is 10.3. The summed E-state index contributed by atoms with van der Waals surface area (Å²) < 4.78 is 90.2. The second kappa shape index (κ2) is 11.5. The van der Waals surface area contributed by atoms with E-state index in [0.717, 1.165) is 30.4 Å². The van der Waals surface area contributed by atoms with Gasteiger partial charge in [-0.3, -0.25) is 4.90 Å². The van der Waals surface area contributed by atoms with Gasteiger partial charge in [0.05, 0.1) is 38.9 Å². The number of rotatable bonds is 4. The van der Waals surface area contributed by atoms with Crippen LogP contribution in [0, 0.1) is 23.0 Å². The molecule has 4 aromatic rings. The number of anilines is 2. The molecule has 0 aliphatic carbocycles. The molecular weight excluding hydrogens is 675 g/mol. The molecule has 0 saturated carbocycles. The molecule has 6 heterocycles. The second-order valence-corrected chi connectivity index (χ2v) is 14.5. The number of nitrogen functional groups attached to an aromatic ring is 1. The lowest BCUT2D eigenvalue weighted by Crippen LogP contribution is -2.48. The van der Waals surface area contributed by atoms with Crippen LogP contribution in [0.4, 0.5) is 32.8 Å². The highest BCUT2D eigenvalue weighted by Gasteiger charge is 2.50. The number of alkyl halides is 3. The molecule has 0 radical (unpaired) electrons. The van der Waals surface area contributed by atoms with E-state index in [1.165, 1.54) is 11.0 Å². The number of ether oxygens (including phenoxy) is 2. The molecule has 4 aliphatic heterocycles. The predicted octanol–water partition coefficient (Wildman–Crippen LogP) is 7.63. The van der Waals surface area contributed by atoms with E-state index in [0.29, 0.717) is 19.4 Å². The summed E-state index contributed by atoms with van der Waals surface area (Å²) >= 11 is 7.82. The van der Waals surface area contributed by atoms with Crippen LogP contribution in [0.3, 0.4) is 0 Å². The molecule has 3 saturated heterocycles. The lowest BCUT2D eigenvalue weighted by molar-refractivity contribution is -0.0370. The van der Waals surface area contributed by atoms with Gasteiger partial charge in [0.25, 0.3) is 5.92 Å². The van der Waals surface area contributed by atoms with Gasteiger partial charge in [-0.1, -0.05) is 17.7 Å². The Bertz CT molecular complexity index is 2020. The molecule has 3 atom stereocenters. The highest BCUT2D eigenvalue weighted by Crippen LogP contribution is 2.52. The van der Waals surface area contributed by atoms with E-state index in [1.807, 2.05) is 11.0 Å². The summed E-state index contributed by atoms with van der Waals surface area (Å²) in [4.78, 5) is 12.6. The first-order valence-corrected chi connectivity index (χ1v) is 17.2. The van der Waals surface area contributed by atoms with Gasteiger partial charge >= 0.3 is 6.01 Å². The maximum Gasteiger partial charge on any atom is 0.319 e. The fraction of sp³-hybridized carbons (Fsp3) is 0.485. The number of nitriles is 1. The van der Waals surface area contributed by atoms with Crippen LogP contribution in [0.1, 0.15) is 50.5 Å². The van der Waals surface area contributed by atoms with Crippen molar-refractivity contribution in [3.05, 3.63) is 34.4 Å².